The molecule has 0 aliphatic rings. The predicted octanol–water partition coefficient (Wildman–Crippen LogP) is 2.71. The van der Waals surface area contributed by atoms with Gasteiger partial charge in [-0.15, -0.1) is 6.58 Å². The van der Waals surface area contributed by atoms with Gasteiger partial charge in [0.25, 0.3) is 0 Å². The molecule has 1 atom stereocenters. The van der Waals surface area contributed by atoms with Crippen molar-refractivity contribution in [1.82, 2.24) is 10.6 Å². The van der Waals surface area contributed by atoms with E-state index >= 15 is 0 Å². The van der Waals surface area contributed by atoms with Crippen LogP contribution in [0.2, 0.25) is 0 Å². The highest BCUT2D eigenvalue weighted by Crippen LogP contribution is 2.03. The van der Waals surface area contributed by atoms with Gasteiger partial charge in [-0.1, -0.05) is 25.1 Å². The summed E-state index contributed by atoms with van der Waals surface area (Å²) in [6, 6.07) is 9.17. The van der Waals surface area contributed by atoms with Crippen molar-refractivity contribution in [2.45, 2.75) is 32.4 Å². The fourth-order valence-electron chi connectivity index (χ4n) is 1.70. The Morgan fingerprint density at radius 3 is 3.00 bits per heavy atom. The van der Waals surface area contributed by atoms with Crippen molar-refractivity contribution in [3.05, 3.63) is 48.0 Å². The molecule has 1 aromatic carbocycles. The highest BCUT2D eigenvalue weighted by molar-refractivity contribution is 5.74. The van der Waals surface area contributed by atoms with Crippen molar-refractivity contribution in [2.75, 3.05) is 0 Å². The molecule has 4 nitrogen and oxygen atoms in total. The molecule has 2 amide bonds. The second-order valence-corrected chi connectivity index (χ2v) is 4.27. The van der Waals surface area contributed by atoms with Crippen LogP contribution in [0.5, 0.6) is 0 Å². The van der Waals surface area contributed by atoms with Crippen LogP contribution in [-0.4, -0.2) is 12.1 Å². The maximum absolute atomic E-state index is 11.7. The van der Waals surface area contributed by atoms with Gasteiger partial charge in [0.15, 0.2) is 0 Å². The molecular weight excluding hydrogens is 238 g/mol. The van der Waals surface area contributed by atoms with E-state index in [2.05, 4.69) is 23.3 Å². The minimum absolute atomic E-state index is 0.114. The van der Waals surface area contributed by atoms with Gasteiger partial charge in [0.05, 0.1) is 11.6 Å². The zero-order chi connectivity index (χ0) is 14.1. The van der Waals surface area contributed by atoms with Crippen LogP contribution in [0.4, 0.5) is 4.79 Å². The van der Waals surface area contributed by atoms with Gasteiger partial charge in [0, 0.05) is 12.6 Å². The van der Waals surface area contributed by atoms with Crippen molar-refractivity contribution < 1.29 is 4.79 Å². The molecule has 0 aliphatic carbocycles. The average molecular weight is 257 g/mol. The molecule has 0 aromatic heterocycles. The standard InChI is InChI=1S/C15H19N3O/c1-3-6-14(4-2)18-15(19)17-11-13-8-5-7-12(9-13)10-16/h3,5,7-9,14H,1,4,6,11H2,2H3,(H2,17,18,19)/t14-/m0/s1. The van der Waals surface area contributed by atoms with Crippen molar-refractivity contribution in [3.8, 4) is 6.07 Å². The molecule has 0 aliphatic heterocycles. The number of nitrogens with zero attached hydrogens (tertiary/aromatic N) is 1. The molecule has 0 heterocycles. The van der Waals surface area contributed by atoms with E-state index in [1.165, 1.54) is 0 Å². The van der Waals surface area contributed by atoms with Crippen LogP contribution in [0.3, 0.4) is 0 Å². The van der Waals surface area contributed by atoms with Crippen LogP contribution in [-0.2, 0) is 6.54 Å². The van der Waals surface area contributed by atoms with Crippen LogP contribution >= 0.6 is 0 Å². The third-order valence-corrected chi connectivity index (χ3v) is 2.79. The maximum Gasteiger partial charge on any atom is 0.315 e. The quantitative estimate of drug-likeness (QED) is 0.769. The molecule has 0 saturated heterocycles. The third kappa shape index (κ3) is 5.26. The first-order valence-electron chi connectivity index (χ1n) is 6.33. The number of amides is 2. The Morgan fingerprint density at radius 2 is 2.37 bits per heavy atom. The summed E-state index contributed by atoms with van der Waals surface area (Å²) in [5, 5.41) is 14.5. The molecule has 19 heavy (non-hydrogen) atoms. The number of nitrogens with one attached hydrogen (secondary N) is 2. The van der Waals surface area contributed by atoms with Crippen molar-refractivity contribution in [3.63, 3.8) is 0 Å². The number of rotatable bonds is 6. The molecule has 4 heteroatoms. The lowest BCUT2D eigenvalue weighted by Crippen LogP contribution is -2.41. The minimum atomic E-state index is -0.198. The number of carbonyl (C=O) groups excluding carboxylic acids is 1. The number of urea groups is 1. The van der Waals surface area contributed by atoms with E-state index in [-0.39, 0.29) is 12.1 Å². The molecule has 0 bridgehead atoms. The SMILES string of the molecule is C=CC[C@H](CC)NC(=O)NCc1cccc(C#N)c1. The Kier molecular flexibility index (Phi) is 6.17. The Hall–Kier alpha value is -2.28. The lowest BCUT2D eigenvalue weighted by Gasteiger charge is -2.15. The zero-order valence-electron chi connectivity index (χ0n) is 11.1. The molecule has 0 spiro atoms. The number of carbonyl (C=O) groups is 1. The first kappa shape index (κ1) is 14.8. The molecule has 0 unspecified atom stereocenters. The van der Waals surface area contributed by atoms with Crippen molar-refractivity contribution in [2.24, 2.45) is 0 Å². The fourth-order valence-corrected chi connectivity index (χ4v) is 1.70. The van der Waals surface area contributed by atoms with E-state index in [1.54, 1.807) is 24.3 Å². The van der Waals surface area contributed by atoms with E-state index in [0.29, 0.717) is 12.1 Å². The van der Waals surface area contributed by atoms with Crippen LogP contribution in [0.25, 0.3) is 0 Å². The average Bonchev–Trinajstić information content (AvgIpc) is 2.45. The second-order valence-electron chi connectivity index (χ2n) is 4.27. The summed E-state index contributed by atoms with van der Waals surface area (Å²) in [4.78, 5) is 11.7. The number of benzene rings is 1. The van der Waals surface area contributed by atoms with Gasteiger partial charge in [0.2, 0.25) is 0 Å². The summed E-state index contributed by atoms with van der Waals surface area (Å²) in [7, 11) is 0. The Labute approximate surface area is 114 Å². The monoisotopic (exact) mass is 257 g/mol. The molecule has 0 fully saturated rings. The van der Waals surface area contributed by atoms with E-state index in [9.17, 15) is 4.79 Å². The zero-order valence-corrected chi connectivity index (χ0v) is 11.1. The molecule has 1 rings (SSSR count). The normalized spacial score (nSPS) is 11.2. The van der Waals surface area contributed by atoms with Gasteiger partial charge in [-0.3, -0.25) is 0 Å². The Morgan fingerprint density at radius 1 is 1.58 bits per heavy atom. The summed E-state index contributed by atoms with van der Waals surface area (Å²) >= 11 is 0. The minimum Gasteiger partial charge on any atom is -0.335 e. The second kappa shape index (κ2) is 7.93. The van der Waals surface area contributed by atoms with Gasteiger partial charge < -0.3 is 10.6 Å². The Balaban J connectivity index is 2.45. The number of hydrogen-bond donors (Lipinski definition) is 2. The lowest BCUT2D eigenvalue weighted by atomic mass is 10.1. The molecule has 0 radical (unpaired) electrons. The van der Waals surface area contributed by atoms with Gasteiger partial charge in [-0.2, -0.15) is 5.26 Å². The Bertz CT molecular complexity index is 477. The van der Waals surface area contributed by atoms with Gasteiger partial charge in [-0.05, 0) is 30.5 Å². The predicted molar refractivity (Wildman–Crippen MR) is 75.4 cm³/mol. The first-order chi connectivity index (χ1) is 9.19. The number of nitriles is 1. The topological polar surface area (TPSA) is 64.9 Å². The molecule has 1 aromatic rings. The van der Waals surface area contributed by atoms with Gasteiger partial charge in [0.1, 0.15) is 0 Å². The molecule has 100 valence electrons. The summed E-state index contributed by atoms with van der Waals surface area (Å²) in [6.07, 6.45) is 3.42. The van der Waals surface area contributed by atoms with E-state index < -0.39 is 0 Å². The van der Waals surface area contributed by atoms with Gasteiger partial charge in [-0.25, -0.2) is 4.79 Å². The number of hydrogen-bond acceptors (Lipinski definition) is 2. The van der Waals surface area contributed by atoms with E-state index in [0.717, 1.165) is 18.4 Å². The van der Waals surface area contributed by atoms with Crippen molar-refractivity contribution >= 4 is 6.03 Å². The van der Waals surface area contributed by atoms with Crippen molar-refractivity contribution in [1.29, 1.82) is 5.26 Å². The van der Waals surface area contributed by atoms with Crippen LogP contribution < -0.4 is 10.6 Å². The third-order valence-electron chi connectivity index (χ3n) is 2.79. The summed E-state index contributed by atoms with van der Waals surface area (Å²) in [5.74, 6) is 0. The van der Waals surface area contributed by atoms with E-state index in [1.807, 2.05) is 13.0 Å². The van der Waals surface area contributed by atoms with Crippen LogP contribution in [0.15, 0.2) is 36.9 Å². The lowest BCUT2D eigenvalue weighted by molar-refractivity contribution is 0.236. The van der Waals surface area contributed by atoms with E-state index in [4.69, 9.17) is 5.26 Å². The summed E-state index contributed by atoms with van der Waals surface area (Å²) in [5.41, 5.74) is 1.50. The van der Waals surface area contributed by atoms with Gasteiger partial charge >= 0.3 is 6.03 Å². The summed E-state index contributed by atoms with van der Waals surface area (Å²) in [6.45, 7) is 6.09. The highest BCUT2D eigenvalue weighted by atomic mass is 16.2. The largest absolute Gasteiger partial charge is 0.335 e. The fraction of sp³-hybridized carbons (Fsp3) is 0.333. The first-order valence-corrected chi connectivity index (χ1v) is 6.33. The van der Waals surface area contributed by atoms with Crippen LogP contribution in [0.1, 0.15) is 30.9 Å². The molecular formula is C15H19N3O. The summed E-state index contributed by atoms with van der Waals surface area (Å²) < 4.78 is 0. The molecule has 2 N–H and O–H groups in total. The molecule has 0 saturated carbocycles. The maximum atomic E-state index is 11.7. The van der Waals surface area contributed by atoms with Crippen LogP contribution in [0, 0.1) is 11.3 Å². The smallest absolute Gasteiger partial charge is 0.315 e. The highest BCUT2D eigenvalue weighted by Gasteiger charge is 2.08.